The van der Waals surface area contributed by atoms with E-state index in [4.69, 9.17) is 4.42 Å². The molecular weight excluding hydrogens is 667 g/mol. The van der Waals surface area contributed by atoms with E-state index in [9.17, 15) is 0 Å². The van der Waals surface area contributed by atoms with Gasteiger partial charge in [0.1, 0.15) is 11.2 Å². The summed E-state index contributed by atoms with van der Waals surface area (Å²) in [5.41, 5.74) is 15.1. The molecule has 10 aromatic rings. The molecule has 0 radical (unpaired) electrons. The monoisotopic (exact) mass is 703 g/mol. The van der Waals surface area contributed by atoms with Crippen LogP contribution in [-0.4, -0.2) is 0 Å². The number of nitrogens with zero attached hydrogens (tertiary/aromatic N) is 1. The molecule has 0 saturated heterocycles. The van der Waals surface area contributed by atoms with Crippen LogP contribution in [0.2, 0.25) is 0 Å². The molecule has 1 heterocycles. The van der Waals surface area contributed by atoms with Crippen LogP contribution in [0.3, 0.4) is 0 Å². The number of furan rings is 1. The van der Waals surface area contributed by atoms with Crippen molar-refractivity contribution in [2.45, 2.75) is 19.3 Å². The average Bonchev–Trinajstić information content (AvgIpc) is 3.73. The van der Waals surface area contributed by atoms with Gasteiger partial charge >= 0.3 is 0 Å². The van der Waals surface area contributed by atoms with E-state index in [1.165, 1.54) is 54.9 Å². The zero-order valence-corrected chi connectivity index (χ0v) is 30.8. The molecule has 2 heteroatoms. The molecule has 0 N–H and O–H groups in total. The molecule has 0 fully saturated rings. The van der Waals surface area contributed by atoms with Crippen LogP contribution in [0.25, 0.3) is 76.9 Å². The normalized spacial score (nSPS) is 13.1. The minimum Gasteiger partial charge on any atom is -0.455 e. The van der Waals surface area contributed by atoms with Gasteiger partial charge in [0.2, 0.25) is 0 Å². The van der Waals surface area contributed by atoms with E-state index in [2.05, 4.69) is 195 Å². The number of para-hydroxylation sites is 2. The van der Waals surface area contributed by atoms with Crippen molar-refractivity contribution >= 4 is 60.5 Å². The van der Waals surface area contributed by atoms with Crippen molar-refractivity contribution in [3.63, 3.8) is 0 Å². The van der Waals surface area contributed by atoms with Crippen molar-refractivity contribution in [1.82, 2.24) is 0 Å². The van der Waals surface area contributed by atoms with Gasteiger partial charge in [0.25, 0.3) is 0 Å². The quantitative estimate of drug-likeness (QED) is 0.177. The average molecular weight is 704 g/mol. The number of rotatable bonds is 5. The van der Waals surface area contributed by atoms with E-state index in [0.717, 1.165) is 50.1 Å². The van der Waals surface area contributed by atoms with Gasteiger partial charge in [-0.25, -0.2) is 0 Å². The highest BCUT2D eigenvalue weighted by atomic mass is 16.3. The molecule has 0 saturated carbocycles. The summed E-state index contributed by atoms with van der Waals surface area (Å²) in [5.74, 6) is 0. The third-order valence-corrected chi connectivity index (χ3v) is 11.8. The summed E-state index contributed by atoms with van der Waals surface area (Å²) >= 11 is 0. The molecule has 2 nitrogen and oxygen atoms in total. The Morgan fingerprint density at radius 2 is 1.00 bits per heavy atom. The second kappa shape index (κ2) is 12.1. The van der Waals surface area contributed by atoms with Crippen molar-refractivity contribution in [3.8, 4) is 33.4 Å². The lowest BCUT2D eigenvalue weighted by Crippen LogP contribution is -2.16. The number of hydrogen-bond acceptors (Lipinski definition) is 2. The van der Waals surface area contributed by atoms with Crippen molar-refractivity contribution in [2.24, 2.45) is 0 Å². The van der Waals surface area contributed by atoms with E-state index in [1.807, 2.05) is 12.1 Å². The highest BCUT2D eigenvalue weighted by Gasteiger charge is 2.36. The lowest BCUT2D eigenvalue weighted by Gasteiger charge is -2.29. The van der Waals surface area contributed by atoms with E-state index in [0.29, 0.717) is 0 Å². The Bertz CT molecular complexity index is 3120. The van der Waals surface area contributed by atoms with Crippen molar-refractivity contribution in [2.75, 3.05) is 4.90 Å². The maximum Gasteiger partial charge on any atom is 0.143 e. The van der Waals surface area contributed by atoms with Crippen LogP contribution in [0.15, 0.2) is 192 Å². The van der Waals surface area contributed by atoms with E-state index >= 15 is 0 Å². The first kappa shape index (κ1) is 31.6. The SMILES string of the molecule is CC1(C)c2cc(-c3ccc4ccccc4c3)ccc2-c2ccc(N(c3ccc(-c4cccc5c4oc4ccccc45)cc3)c3cccc4ccccc34)cc21. The summed E-state index contributed by atoms with van der Waals surface area (Å²) in [6.07, 6.45) is 0. The van der Waals surface area contributed by atoms with Crippen molar-refractivity contribution in [1.29, 1.82) is 0 Å². The van der Waals surface area contributed by atoms with E-state index < -0.39 is 0 Å². The number of hydrogen-bond donors (Lipinski definition) is 0. The van der Waals surface area contributed by atoms with Crippen LogP contribution in [0.5, 0.6) is 0 Å². The van der Waals surface area contributed by atoms with Gasteiger partial charge in [-0.3, -0.25) is 0 Å². The van der Waals surface area contributed by atoms with Gasteiger partial charge in [-0.15, -0.1) is 0 Å². The largest absolute Gasteiger partial charge is 0.455 e. The highest BCUT2D eigenvalue weighted by molar-refractivity contribution is 6.09. The summed E-state index contributed by atoms with van der Waals surface area (Å²) in [4.78, 5) is 2.42. The summed E-state index contributed by atoms with van der Waals surface area (Å²) in [6.45, 7) is 4.75. The molecule has 0 bridgehead atoms. The van der Waals surface area contributed by atoms with Crippen LogP contribution >= 0.6 is 0 Å². The van der Waals surface area contributed by atoms with Gasteiger partial charge in [-0.05, 0) is 104 Å². The second-order valence-electron chi connectivity index (χ2n) is 15.3. The summed E-state index contributed by atoms with van der Waals surface area (Å²) < 4.78 is 6.43. The summed E-state index contributed by atoms with van der Waals surface area (Å²) in [7, 11) is 0. The molecule has 9 aromatic carbocycles. The van der Waals surface area contributed by atoms with Gasteiger partial charge in [-0.2, -0.15) is 0 Å². The Morgan fingerprint density at radius 3 is 1.85 bits per heavy atom. The van der Waals surface area contributed by atoms with Gasteiger partial charge in [0.15, 0.2) is 0 Å². The standard InChI is InChI=1S/C53H37NO/c1-53(2)48-32-39(38-22-21-34-11-3-4-13-37(34)31-38)25-29-44(48)45-30-28-41(33-49(45)53)54(50-19-9-14-35-12-5-6-15-42(35)50)40-26-23-36(24-27-40)43-17-10-18-47-46-16-7-8-20-51(46)55-52(43)47/h3-33H,1-2H3. The second-order valence-corrected chi connectivity index (χ2v) is 15.3. The first-order valence-corrected chi connectivity index (χ1v) is 19.1. The Hall–Kier alpha value is -6.90. The van der Waals surface area contributed by atoms with Crippen LogP contribution in [0.1, 0.15) is 25.0 Å². The third-order valence-electron chi connectivity index (χ3n) is 11.8. The maximum atomic E-state index is 6.43. The van der Waals surface area contributed by atoms with E-state index in [1.54, 1.807) is 0 Å². The minimum atomic E-state index is -0.187. The Labute approximate surface area is 320 Å². The smallest absolute Gasteiger partial charge is 0.143 e. The minimum absolute atomic E-state index is 0.187. The zero-order valence-electron chi connectivity index (χ0n) is 30.8. The maximum absolute atomic E-state index is 6.43. The third kappa shape index (κ3) is 4.95. The molecule has 260 valence electrons. The van der Waals surface area contributed by atoms with Crippen LogP contribution < -0.4 is 4.90 Å². The first-order valence-electron chi connectivity index (χ1n) is 19.1. The fourth-order valence-electron chi connectivity index (χ4n) is 9.01. The van der Waals surface area contributed by atoms with Crippen LogP contribution in [0.4, 0.5) is 17.1 Å². The highest BCUT2D eigenvalue weighted by Crippen LogP contribution is 2.52. The predicted molar refractivity (Wildman–Crippen MR) is 232 cm³/mol. The van der Waals surface area contributed by atoms with Gasteiger partial charge in [0, 0.05) is 38.5 Å². The Balaban J connectivity index is 1.03. The lowest BCUT2D eigenvalue weighted by molar-refractivity contribution is 0.660. The van der Waals surface area contributed by atoms with Crippen LogP contribution in [-0.2, 0) is 5.41 Å². The van der Waals surface area contributed by atoms with Crippen molar-refractivity contribution < 1.29 is 4.42 Å². The molecule has 1 aliphatic rings. The molecule has 0 spiro atoms. The van der Waals surface area contributed by atoms with E-state index in [-0.39, 0.29) is 5.41 Å². The predicted octanol–water partition coefficient (Wildman–Crippen LogP) is 15.0. The summed E-state index contributed by atoms with van der Waals surface area (Å²) in [5, 5.41) is 7.24. The molecular formula is C53H37NO. The Kier molecular flexibility index (Phi) is 6.93. The van der Waals surface area contributed by atoms with Crippen molar-refractivity contribution in [3.05, 3.63) is 199 Å². The number of benzene rings is 9. The van der Waals surface area contributed by atoms with Gasteiger partial charge in [0.05, 0.1) is 5.69 Å². The lowest BCUT2D eigenvalue weighted by atomic mass is 9.81. The topological polar surface area (TPSA) is 16.4 Å². The fraction of sp³-hybridized carbons (Fsp3) is 0.0566. The molecule has 0 amide bonds. The molecule has 0 unspecified atom stereocenters. The van der Waals surface area contributed by atoms with Gasteiger partial charge < -0.3 is 9.32 Å². The molecule has 0 aliphatic heterocycles. The molecule has 1 aromatic heterocycles. The molecule has 1 aliphatic carbocycles. The number of fused-ring (bicyclic) bond motifs is 8. The molecule has 11 rings (SSSR count). The molecule has 55 heavy (non-hydrogen) atoms. The van der Waals surface area contributed by atoms with Gasteiger partial charge in [-0.1, -0.05) is 153 Å². The van der Waals surface area contributed by atoms with Crippen LogP contribution in [0, 0.1) is 0 Å². The molecule has 0 atom stereocenters. The summed E-state index contributed by atoms with van der Waals surface area (Å²) in [6, 6.07) is 68.5. The Morgan fingerprint density at radius 1 is 0.400 bits per heavy atom. The fourth-order valence-corrected chi connectivity index (χ4v) is 9.01. The number of anilines is 3. The first-order chi connectivity index (χ1) is 27.0. The zero-order chi connectivity index (χ0) is 36.7.